The van der Waals surface area contributed by atoms with Gasteiger partial charge in [-0.05, 0) is 69.9 Å². The summed E-state index contributed by atoms with van der Waals surface area (Å²) in [6.45, 7) is 7.94. The van der Waals surface area contributed by atoms with Crippen molar-refractivity contribution in [2.75, 3.05) is 13.2 Å². The molecule has 1 fully saturated rings. The molecule has 0 amide bonds. The van der Waals surface area contributed by atoms with E-state index in [0.29, 0.717) is 36.3 Å². The molecule has 1 aliphatic rings. The second-order valence-corrected chi connectivity index (χ2v) is 17.5. The van der Waals surface area contributed by atoms with Crippen molar-refractivity contribution in [3.05, 3.63) is 52.8 Å². The van der Waals surface area contributed by atoms with Gasteiger partial charge in [-0.25, -0.2) is 9.56 Å². The third kappa shape index (κ3) is 19.5. The number of phosphoric acid groups is 1. The van der Waals surface area contributed by atoms with Gasteiger partial charge in [0.2, 0.25) is 0 Å². The topological polar surface area (TPSA) is 185 Å². The van der Waals surface area contributed by atoms with E-state index in [2.05, 4.69) is 23.0 Å². The molecule has 5 N–H and O–H groups in total. The van der Waals surface area contributed by atoms with Crippen LogP contribution in [-0.2, 0) is 29.7 Å². The van der Waals surface area contributed by atoms with E-state index in [0.717, 1.165) is 36.9 Å². The lowest BCUT2D eigenvalue weighted by Gasteiger charge is -2.26. The minimum absolute atomic E-state index is 0.0883. The highest BCUT2D eigenvalue weighted by molar-refractivity contribution is 7.47. The highest BCUT2D eigenvalue weighted by atomic mass is 31.2. The first kappa shape index (κ1) is 48.3. The standard InChI is InChI=1S/C44H72N5O7P/c1-5-6-7-8-9-10-11-12-13-14-15-16-17-18-19-20-21-22-38(52-31-36-23-24-37(30-45)42(29-36)55-35(2)3)32-53-57(50,51)54-33-44(4)28-27-41(56-44)39-25-26-40(49-39)43(47)48-34-46/h23-26,29,34-35,38,41,49H,5-22,27-28,31-33H2,1-4H3,(H,50,51)(H3,46,47,48)/t38-,41-,44+/m1/s1. The lowest BCUT2D eigenvalue weighted by Crippen LogP contribution is -2.30. The second kappa shape index (κ2) is 26.9. The first-order valence-corrected chi connectivity index (χ1v) is 23.1. The number of rotatable bonds is 32. The predicted octanol–water partition coefficient (Wildman–Crippen LogP) is 11.4. The van der Waals surface area contributed by atoms with Crippen molar-refractivity contribution >= 4 is 20.0 Å². The molecule has 3 rings (SSSR count). The minimum Gasteiger partial charge on any atom is -0.490 e. The molecule has 320 valence electrons. The molecule has 0 spiro atoms. The fraction of sp³-hybridized carbons (Fsp3) is 0.705. The van der Waals surface area contributed by atoms with E-state index in [-0.39, 0.29) is 37.9 Å². The molecule has 0 bridgehead atoms. The Kier molecular flexibility index (Phi) is 22.8. The van der Waals surface area contributed by atoms with Gasteiger partial charge < -0.3 is 29.8 Å². The van der Waals surface area contributed by atoms with Crippen LogP contribution >= 0.6 is 7.82 Å². The van der Waals surface area contributed by atoms with Crippen LogP contribution in [0.2, 0.25) is 0 Å². The van der Waals surface area contributed by atoms with Gasteiger partial charge in [-0.3, -0.25) is 14.5 Å². The van der Waals surface area contributed by atoms with Crippen LogP contribution in [0.4, 0.5) is 0 Å². The first-order chi connectivity index (χ1) is 27.5. The van der Waals surface area contributed by atoms with E-state index >= 15 is 0 Å². The van der Waals surface area contributed by atoms with Gasteiger partial charge in [-0.1, -0.05) is 122 Å². The average Bonchev–Trinajstić information content (AvgIpc) is 3.84. The summed E-state index contributed by atoms with van der Waals surface area (Å²) in [5.41, 5.74) is 7.77. The highest BCUT2D eigenvalue weighted by Crippen LogP contribution is 2.47. The molecule has 4 atom stereocenters. The molecule has 1 aliphatic heterocycles. The van der Waals surface area contributed by atoms with Crippen molar-refractivity contribution < 1.29 is 32.7 Å². The summed E-state index contributed by atoms with van der Waals surface area (Å²) in [5.74, 6) is 0.706. The van der Waals surface area contributed by atoms with E-state index in [1.165, 1.54) is 89.9 Å². The Hall–Kier alpha value is -3.04. The first-order valence-electron chi connectivity index (χ1n) is 21.6. The van der Waals surface area contributed by atoms with Crippen molar-refractivity contribution in [3.8, 4) is 11.8 Å². The van der Waals surface area contributed by atoms with Crippen LogP contribution in [0.1, 0.15) is 185 Å². The number of nitrogens with two attached hydrogens (primary N) is 1. The summed E-state index contributed by atoms with van der Waals surface area (Å²) in [5, 5.41) is 16.7. The molecule has 1 unspecified atom stereocenters. The van der Waals surface area contributed by atoms with Gasteiger partial charge in [0.15, 0.2) is 0 Å². The highest BCUT2D eigenvalue weighted by Gasteiger charge is 2.40. The van der Waals surface area contributed by atoms with Crippen molar-refractivity contribution in [3.63, 3.8) is 0 Å². The summed E-state index contributed by atoms with van der Waals surface area (Å²) in [6, 6.07) is 11.2. The number of ether oxygens (including phenoxy) is 3. The number of H-pyrrole nitrogens is 1. The number of nitrogens with zero attached hydrogens (tertiary/aromatic N) is 2. The van der Waals surface area contributed by atoms with Crippen LogP contribution in [-0.4, -0.2) is 53.1 Å². The van der Waals surface area contributed by atoms with Crippen LogP contribution in [0, 0.1) is 16.7 Å². The number of nitrogens with one attached hydrogen (secondary N) is 2. The quantitative estimate of drug-likeness (QED) is 0.0241. The molecule has 12 nitrogen and oxygen atoms in total. The molecule has 2 heterocycles. The zero-order valence-corrected chi connectivity index (χ0v) is 36.2. The number of benzene rings is 1. The molecule has 1 saturated heterocycles. The Balaban J connectivity index is 1.43. The summed E-state index contributed by atoms with van der Waals surface area (Å²) < 4.78 is 42.6. The summed E-state index contributed by atoms with van der Waals surface area (Å²) >= 11 is 0. The minimum atomic E-state index is -4.43. The smallest absolute Gasteiger partial charge is 0.472 e. The Morgan fingerprint density at radius 3 is 2.21 bits per heavy atom. The normalized spacial score (nSPS) is 18.8. The number of nitriles is 1. The molecule has 0 saturated carbocycles. The van der Waals surface area contributed by atoms with Crippen LogP contribution in [0.25, 0.3) is 0 Å². The average molecular weight is 814 g/mol. The third-order valence-electron chi connectivity index (χ3n) is 10.5. The SMILES string of the molecule is CCCCCCCCCCCCCCCCCCC[C@H](COP(=O)(O)OC[C@]1(C)CC[C@H](c2ccc(C(N)=NC=N)[nH]2)O1)OCc1ccc(C#N)c(OC(C)C)c1. The lowest BCUT2D eigenvalue weighted by molar-refractivity contribution is -0.0658. The van der Waals surface area contributed by atoms with E-state index in [1.54, 1.807) is 12.1 Å². The Bertz CT molecular complexity index is 1560. The number of hydrogen-bond donors (Lipinski definition) is 4. The van der Waals surface area contributed by atoms with Crippen LogP contribution in [0.3, 0.4) is 0 Å². The molecule has 0 aliphatic carbocycles. The van der Waals surface area contributed by atoms with Gasteiger partial charge in [0.1, 0.15) is 24.0 Å². The maximum Gasteiger partial charge on any atom is 0.472 e. The maximum atomic E-state index is 13.1. The fourth-order valence-electron chi connectivity index (χ4n) is 7.17. The molecule has 13 heteroatoms. The van der Waals surface area contributed by atoms with Crippen LogP contribution in [0.15, 0.2) is 35.3 Å². The number of unbranched alkanes of at least 4 members (excludes halogenated alkanes) is 16. The Morgan fingerprint density at radius 2 is 1.63 bits per heavy atom. The van der Waals surface area contributed by atoms with Crippen molar-refractivity contribution in [2.45, 2.75) is 187 Å². The zero-order valence-electron chi connectivity index (χ0n) is 35.3. The van der Waals surface area contributed by atoms with E-state index in [9.17, 15) is 14.7 Å². The molecule has 1 aromatic heterocycles. The van der Waals surface area contributed by atoms with Gasteiger partial charge >= 0.3 is 7.82 Å². The number of aromatic nitrogens is 1. The summed E-state index contributed by atoms with van der Waals surface area (Å²) in [4.78, 5) is 17.7. The largest absolute Gasteiger partial charge is 0.490 e. The van der Waals surface area contributed by atoms with Crippen molar-refractivity contribution in [2.24, 2.45) is 10.7 Å². The molecule has 0 radical (unpaired) electrons. The number of aromatic amines is 1. The number of hydrogen-bond acceptors (Lipinski definition) is 8. The van der Waals surface area contributed by atoms with Crippen LogP contribution in [0.5, 0.6) is 5.75 Å². The number of phosphoric ester groups is 1. The fourth-order valence-corrected chi connectivity index (χ4v) is 8.04. The van der Waals surface area contributed by atoms with E-state index < -0.39 is 19.5 Å². The van der Waals surface area contributed by atoms with Gasteiger partial charge in [0.25, 0.3) is 0 Å². The van der Waals surface area contributed by atoms with Crippen LogP contribution < -0.4 is 10.5 Å². The van der Waals surface area contributed by atoms with Gasteiger partial charge in [0, 0.05) is 5.69 Å². The summed E-state index contributed by atoms with van der Waals surface area (Å²) in [6.07, 6.45) is 24.0. The molecule has 2 aromatic rings. The molecular weight excluding hydrogens is 741 g/mol. The number of aliphatic imine (C=N–C) groups is 1. The van der Waals surface area contributed by atoms with Gasteiger partial charge in [-0.15, -0.1) is 0 Å². The van der Waals surface area contributed by atoms with Crippen molar-refractivity contribution in [1.82, 2.24) is 4.98 Å². The second-order valence-electron chi connectivity index (χ2n) is 16.1. The number of amidine groups is 1. The van der Waals surface area contributed by atoms with E-state index in [4.69, 9.17) is 34.4 Å². The lowest BCUT2D eigenvalue weighted by atomic mass is 10.0. The van der Waals surface area contributed by atoms with Crippen molar-refractivity contribution in [1.29, 1.82) is 10.7 Å². The third-order valence-corrected chi connectivity index (χ3v) is 11.4. The molecule has 57 heavy (non-hydrogen) atoms. The molecule has 1 aromatic carbocycles. The molecular formula is C44H72N5O7P. The summed E-state index contributed by atoms with van der Waals surface area (Å²) in [7, 11) is -4.43. The Labute approximate surface area is 342 Å². The predicted molar refractivity (Wildman–Crippen MR) is 228 cm³/mol. The van der Waals surface area contributed by atoms with Gasteiger partial charge in [-0.2, -0.15) is 5.26 Å². The van der Waals surface area contributed by atoms with Gasteiger partial charge in [0.05, 0.1) is 55.0 Å². The zero-order chi connectivity index (χ0) is 41.4. The maximum absolute atomic E-state index is 13.1. The Morgan fingerprint density at radius 1 is 1.02 bits per heavy atom. The monoisotopic (exact) mass is 814 g/mol. The van der Waals surface area contributed by atoms with E-state index in [1.807, 2.05) is 39.0 Å².